The second-order valence-electron chi connectivity index (χ2n) is 8.68. The highest BCUT2D eigenvalue weighted by Crippen LogP contribution is 2.34. The number of amides is 1. The Morgan fingerprint density at radius 1 is 1.16 bits per heavy atom. The number of aliphatic carboxylic acids is 1. The molecule has 5 rings (SSSR count). The van der Waals surface area contributed by atoms with Crippen LogP contribution in [0, 0.1) is 11.8 Å². The first-order chi connectivity index (χ1) is 15.5. The van der Waals surface area contributed by atoms with E-state index in [0.29, 0.717) is 54.8 Å². The summed E-state index contributed by atoms with van der Waals surface area (Å²) in [5, 5.41) is 9.02. The van der Waals surface area contributed by atoms with E-state index >= 15 is 0 Å². The van der Waals surface area contributed by atoms with E-state index in [1.165, 1.54) is 12.8 Å². The van der Waals surface area contributed by atoms with E-state index in [2.05, 4.69) is 4.98 Å². The normalized spacial score (nSPS) is 22.2. The summed E-state index contributed by atoms with van der Waals surface area (Å²) in [5.74, 6) is -0.162. The van der Waals surface area contributed by atoms with Gasteiger partial charge in [0.1, 0.15) is 5.75 Å². The van der Waals surface area contributed by atoms with E-state index in [1.807, 2.05) is 12.1 Å². The van der Waals surface area contributed by atoms with Crippen molar-refractivity contribution in [1.29, 1.82) is 0 Å². The number of carboxylic acid groups (broad SMARTS) is 1. The predicted octanol–water partition coefficient (Wildman–Crippen LogP) is 2.88. The van der Waals surface area contributed by atoms with Crippen LogP contribution < -0.4 is 14.4 Å². The molecule has 1 saturated carbocycles. The number of ketones is 1. The number of pyridine rings is 1. The number of hydrogen-bond acceptors (Lipinski definition) is 6. The third-order valence-corrected chi connectivity index (χ3v) is 6.24. The maximum atomic E-state index is 12.9. The molecule has 2 atom stereocenters. The number of carbonyl (C=O) groups is 3. The summed E-state index contributed by atoms with van der Waals surface area (Å²) in [6, 6.07) is 8.82. The van der Waals surface area contributed by atoms with Gasteiger partial charge in [-0.2, -0.15) is 0 Å². The number of carbonyl (C=O) groups excluding carboxylic acids is 2. The summed E-state index contributed by atoms with van der Waals surface area (Å²) < 4.78 is 11.5. The van der Waals surface area contributed by atoms with Gasteiger partial charge in [-0.25, -0.2) is 4.98 Å². The minimum absolute atomic E-state index is 0.168. The molecule has 1 aliphatic heterocycles. The average Bonchev–Trinajstić information content (AvgIpc) is 3.48. The van der Waals surface area contributed by atoms with Crippen molar-refractivity contribution in [2.24, 2.45) is 11.8 Å². The Labute approximate surface area is 185 Å². The molecule has 32 heavy (non-hydrogen) atoms. The number of aromatic nitrogens is 1. The molecule has 1 saturated heterocycles. The number of Topliss-reactive ketones (excluding diaryl/α,β-unsaturated/α-hetero) is 1. The highest BCUT2D eigenvalue weighted by atomic mass is 16.5. The molecule has 2 aliphatic carbocycles. The summed E-state index contributed by atoms with van der Waals surface area (Å²) >= 11 is 0. The minimum atomic E-state index is -0.983. The molecule has 0 bridgehead atoms. The monoisotopic (exact) mass is 436 g/mol. The van der Waals surface area contributed by atoms with Crippen LogP contribution in [0.15, 0.2) is 36.5 Å². The zero-order valence-corrected chi connectivity index (χ0v) is 17.5. The average molecular weight is 436 g/mol. The van der Waals surface area contributed by atoms with Crippen LogP contribution in [0.25, 0.3) is 0 Å². The third-order valence-electron chi connectivity index (χ3n) is 6.24. The molecule has 1 N–H and O–H groups in total. The molecule has 0 spiro atoms. The summed E-state index contributed by atoms with van der Waals surface area (Å²) in [6.07, 6.45) is 4.12. The van der Waals surface area contributed by atoms with Gasteiger partial charge in [-0.1, -0.05) is 6.07 Å². The first-order valence-electron chi connectivity index (χ1n) is 10.9. The standard InChI is InChI=1S/C24H24N2O6/c27-22(28)10-16-9-15-3-4-17(11-19(15)23(16)29)26-8-7-20(24(26)30)32-18-5-6-21(25-12-18)31-13-14-1-2-14/h3-6,11-12,14,16,20H,1-2,7-10,13H2,(H,27,28)/t16?,20-/m1/s1. The Morgan fingerprint density at radius 2 is 2.00 bits per heavy atom. The van der Waals surface area contributed by atoms with Crippen LogP contribution in [0.3, 0.4) is 0 Å². The van der Waals surface area contributed by atoms with Crippen molar-refractivity contribution in [3.8, 4) is 11.6 Å². The Morgan fingerprint density at radius 3 is 2.72 bits per heavy atom. The summed E-state index contributed by atoms with van der Waals surface area (Å²) in [6.45, 7) is 1.16. The Kier molecular flexibility index (Phi) is 5.28. The van der Waals surface area contributed by atoms with Crippen molar-refractivity contribution in [3.63, 3.8) is 0 Å². The first kappa shape index (κ1) is 20.5. The number of anilines is 1. The van der Waals surface area contributed by atoms with Crippen LogP contribution in [0.1, 0.15) is 41.6 Å². The lowest BCUT2D eigenvalue weighted by Crippen LogP contribution is -2.32. The van der Waals surface area contributed by atoms with Crippen molar-refractivity contribution in [2.75, 3.05) is 18.1 Å². The molecule has 0 radical (unpaired) electrons. The molecule has 166 valence electrons. The minimum Gasteiger partial charge on any atom is -0.481 e. The van der Waals surface area contributed by atoms with E-state index < -0.39 is 18.0 Å². The number of hydrogen-bond donors (Lipinski definition) is 1. The van der Waals surface area contributed by atoms with Gasteiger partial charge >= 0.3 is 5.97 Å². The van der Waals surface area contributed by atoms with Crippen LogP contribution >= 0.6 is 0 Å². The molecular weight excluding hydrogens is 412 g/mol. The zero-order chi connectivity index (χ0) is 22.2. The van der Waals surface area contributed by atoms with E-state index in [0.717, 1.165) is 5.56 Å². The van der Waals surface area contributed by atoms with Crippen molar-refractivity contribution in [1.82, 2.24) is 4.98 Å². The van der Waals surface area contributed by atoms with E-state index in [9.17, 15) is 14.4 Å². The lowest BCUT2D eigenvalue weighted by Gasteiger charge is -2.18. The SMILES string of the molecule is O=C(O)CC1Cc2ccc(N3CC[C@@H](Oc4ccc(OCC5CC5)nc4)C3=O)cc2C1=O. The number of fused-ring (bicyclic) bond motifs is 1. The third kappa shape index (κ3) is 4.17. The largest absolute Gasteiger partial charge is 0.481 e. The predicted molar refractivity (Wildman–Crippen MR) is 114 cm³/mol. The number of carboxylic acids is 1. The maximum Gasteiger partial charge on any atom is 0.304 e. The topological polar surface area (TPSA) is 106 Å². The van der Waals surface area contributed by atoms with Crippen LogP contribution in [0.2, 0.25) is 0 Å². The molecule has 8 heteroatoms. The number of nitrogens with zero attached hydrogens (tertiary/aromatic N) is 2. The fourth-order valence-corrected chi connectivity index (χ4v) is 4.29. The highest BCUT2D eigenvalue weighted by Gasteiger charge is 2.37. The van der Waals surface area contributed by atoms with Gasteiger partial charge in [0.15, 0.2) is 11.9 Å². The number of ether oxygens (including phenoxy) is 2. The lowest BCUT2D eigenvalue weighted by atomic mass is 10.0. The van der Waals surface area contributed by atoms with Crippen molar-refractivity contribution in [3.05, 3.63) is 47.7 Å². The fraction of sp³-hybridized carbons (Fsp3) is 0.417. The van der Waals surface area contributed by atoms with Gasteiger partial charge in [-0.3, -0.25) is 14.4 Å². The van der Waals surface area contributed by atoms with Crippen molar-refractivity contribution in [2.45, 2.75) is 38.2 Å². The van der Waals surface area contributed by atoms with Gasteiger partial charge in [0.05, 0.1) is 19.2 Å². The summed E-state index contributed by atoms with van der Waals surface area (Å²) in [5.41, 5.74) is 1.97. The van der Waals surface area contributed by atoms with E-state index in [1.54, 1.807) is 29.3 Å². The number of rotatable bonds is 8. The summed E-state index contributed by atoms with van der Waals surface area (Å²) in [4.78, 5) is 42.4. The number of benzene rings is 1. The first-order valence-corrected chi connectivity index (χ1v) is 10.9. The second-order valence-corrected chi connectivity index (χ2v) is 8.68. The van der Waals surface area contributed by atoms with Gasteiger partial charge < -0.3 is 19.5 Å². The van der Waals surface area contributed by atoms with Crippen LogP contribution in [-0.4, -0.2) is 47.0 Å². The molecule has 2 aromatic rings. The Hall–Kier alpha value is -3.42. The van der Waals surface area contributed by atoms with E-state index in [-0.39, 0.29) is 18.1 Å². The van der Waals surface area contributed by atoms with Gasteiger partial charge in [-0.05, 0) is 48.9 Å². The second kappa shape index (κ2) is 8.26. The maximum absolute atomic E-state index is 12.9. The molecule has 1 aromatic carbocycles. The van der Waals surface area contributed by atoms with Crippen molar-refractivity contribution >= 4 is 23.3 Å². The molecule has 1 aromatic heterocycles. The van der Waals surface area contributed by atoms with Crippen molar-refractivity contribution < 1.29 is 29.0 Å². The molecule has 3 aliphatic rings. The molecule has 2 heterocycles. The van der Waals surface area contributed by atoms with Crippen LogP contribution in [0.5, 0.6) is 11.6 Å². The lowest BCUT2D eigenvalue weighted by molar-refractivity contribution is -0.137. The molecular formula is C24H24N2O6. The quantitative estimate of drug-likeness (QED) is 0.678. The fourth-order valence-electron chi connectivity index (χ4n) is 4.29. The molecule has 1 unspecified atom stereocenters. The van der Waals surface area contributed by atoms with Crippen LogP contribution in [0.4, 0.5) is 5.69 Å². The Balaban J connectivity index is 1.23. The van der Waals surface area contributed by atoms with Gasteiger partial charge in [-0.15, -0.1) is 0 Å². The molecule has 2 fully saturated rings. The van der Waals surface area contributed by atoms with Gasteiger partial charge in [0.2, 0.25) is 5.88 Å². The van der Waals surface area contributed by atoms with Gasteiger partial charge in [0, 0.05) is 36.2 Å². The summed E-state index contributed by atoms with van der Waals surface area (Å²) in [7, 11) is 0. The van der Waals surface area contributed by atoms with Gasteiger partial charge in [0.25, 0.3) is 5.91 Å². The highest BCUT2D eigenvalue weighted by molar-refractivity contribution is 6.06. The molecule has 1 amide bonds. The Bertz CT molecular complexity index is 1060. The van der Waals surface area contributed by atoms with E-state index in [4.69, 9.17) is 14.6 Å². The zero-order valence-electron chi connectivity index (χ0n) is 17.5. The molecule has 8 nitrogen and oxygen atoms in total. The van der Waals surface area contributed by atoms with Crippen LogP contribution in [-0.2, 0) is 16.0 Å². The smallest absolute Gasteiger partial charge is 0.304 e.